The van der Waals surface area contributed by atoms with E-state index in [-0.39, 0.29) is 5.78 Å². The number of hydrogen-bond donors (Lipinski definition) is 1. The molecule has 0 fully saturated rings. The van der Waals surface area contributed by atoms with E-state index in [4.69, 9.17) is 14.2 Å². The van der Waals surface area contributed by atoms with Crippen LogP contribution in [0.25, 0.3) is 0 Å². The number of methoxy groups -OCH3 is 1. The summed E-state index contributed by atoms with van der Waals surface area (Å²) < 4.78 is 16.4. The van der Waals surface area contributed by atoms with Crippen molar-refractivity contribution in [3.8, 4) is 17.2 Å². The van der Waals surface area contributed by atoms with Crippen molar-refractivity contribution < 1.29 is 19.0 Å². The molecule has 0 aliphatic carbocycles. The second kappa shape index (κ2) is 9.97. The van der Waals surface area contributed by atoms with Crippen molar-refractivity contribution in [3.05, 3.63) is 53.6 Å². The Bertz CT molecular complexity index is 760. The Kier molecular flexibility index (Phi) is 7.11. The van der Waals surface area contributed by atoms with E-state index in [1.165, 1.54) is 5.56 Å². The molecule has 3 rings (SSSR count). The average molecular weight is 369 g/mol. The molecule has 0 spiro atoms. The molecule has 0 unspecified atom stereocenters. The number of nitrogens with one attached hydrogen (secondary N) is 1. The first kappa shape index (κ1) is 19.2. The van der Waals surface area contributed by atoms with Gasteiger partial charge in [0.2, 0.25) is 0 Å². The number of ether oxygens (including phenoxy) is 3. The Labute approximate surface area is 160 Å². The highest BCUT2D eigenvalue weighted by molar-refractivity contribution is 5.96. The largest absolute Gasteiger partial charge is 0.496 e. The number of unbranched alkanes of at least 4 members (excludes halogenated alkanes) is 1. The lowest BCUT2D eigenvalue weighted by atomic mass is 10.0. The van der Waals surface area contributed by atoms with Gasteiger partial charge in [0.25, 0.3) is 0 Å². The zero-order chi connectivity index (χ0) is 18.9. The molecule has 5 nitrogen and oxygen atoms in total. The summed E-state index contributed by atoms with van der Waals surface area (Å²) in [6.45, 7) is 2.90. The van der Waals surface area contributed by atoms with Gasteiger partial charge in [0.15, 0.2) is 17.3 Å². The highest BCUT2D eigenvalue weighted by Gasteiger charge is 2.14. The SMILES string of the molecule is COc1ccccc1CCNCCCCC(=O)c1ccc2c(c1)OCCO2. The molecule has 5 heteroatoms. The van der Waals surface area contributed by atoms with Crippen molar-refractivity contribution in [2.45, 2.75) is 25.7 Å². The monoisotopic (exact) mass is 369 g/mol. The lowest BCUT2D eigenvalue weighted by Gasteiger charge is -2.18. The third kappa shape index (κ3) is 5.47. The number of fused-ring (bicyclic) bond motifs is 1. The van der Waals surface area contributed by atoms with Crippen molar-refractivity contribution in [2.24, 2.45) is 0 Å². The van der Waals surface area contributed by atoms with E-state index in [1.54, 1.807) is 13.2 Å². The molecule has 0 saturated heterocycles. The molecule has 144 valence electrons. The second-order valence-electron chi connectivity index (χ2n) is 6.55. The van der Waals surface area contributed by atoms with Gasteiger partial charge < -0.3 is 19.5 Å². The van der Waals surface area contributed by atoms with Crippen LogP contribution >= 0.6 is 0 Å². The number of hydrogen-bond acceptors (Lipinski definition) is 5. The first-order valence-electron chi connectivity index (χ1n) is 9.53. The van der Waals surface area contributed by atoms with Gasteiger partial charge >= 0.3 is 0 Å². The molecule has 1 aliphatic rings. The Balaban J connectivity index is 1.32. The summed E-state index contributed by atoms with van der Waals surface area (Å²) in [5, 5.41) is 3.44. The molecule has 1 aliphatic heterocycles. The zero-order valence-electron chi connectivity index (χ0n) is 15.8. The van der Waals surface area contributed by atoms with Crippen LogP contribution in [0.15, 0.2) is 42.5 Å². The molecule has 1 N–H and O–H groups in total. The summed E-state index contributed by atoms with van der Waals surface area (Å²) in [5.41, 5.74) is 1.91. The van der Waals surface area contributed by atoms with Gasteiger partial charge in [-0.1, -0.05) is 18.2 Å². The summed E-state index contributed by atoms with van der Waals surface area (Å²) in [6.07, 6.45) is 3.32. The number of carbonyl (C=O) groups excluding carboxylic acids is 1. The summed E-state index contributed by atoms with van der Waals surface area (Å²) in [5.74, 6) is 2.48. The normalized spacial score (nSPS) is 12.6. The maximum atomic E-state index is 12.3. The Morgan fingerprint density at radius 3 is 2.70 bits per heavy atom. The minimum absolute atomic E-state index is 0.154. The van der Waals surface area contributed by atoms with Crippen LogP contribution in [0.3, 0.4) is 0 Å². The summed E-state index contributed by atoms with van der Waals surface area (Å²) in [4.78, 5) is 12.3. The number of benzene rings is 2. The number of rotatable bonds is 10. The van der Waals surface area contributed by atoms with E-state index in [0.29, 0.717) is 30.9 Å². The molecule has 2 aromatic carbocycles. The maximum absolute atomic E-state index is 12.3. The smallest absolute Gasteiger partial charge is 0.163 e. The molecule has 0 radical (unpaired) electrons. The van der Waals surface area contributed by atoms with E-state index in [9.17, 15) is 4.79 Å². The van der Waals surface area contributed by atoms with E-state index >= 15 is 0 Å². The molecule has 0 aromatic heterocycles. The zero-order valence-corrected chi connectivity index (χ0v) is 15.8. The molecular formula is C22H27NO4. The van der Waals surface area contributed by atoms with Gasteiger partial charge in [0.05, 0.1) is 7.11 Å². The fourth-order valence-corrected chi connectivity index (χ4v) is 3.15. The third-order valence-corrected chi connectivity index (χ3v) is 4.64. The highest BCUT2D eigenvalue weighted by Crippen LogP contribution is 2.31. The van der Waals surface area contributed by atoms with Crippen LogP contribution in [-0.2, 0) is 6.42 Å². The van der Waals surface area contributed by atoms with Crippen molar-refractivity contribution >= 4 is 5.78 Å². The molecule has 2 aromatic rings. The lowest BCUT2D eigenvalue weighted by molar-refractivity contribution is 0.0978. The summed E-state index contributed by atoms with van der Waals surface area (Å²) in [7, 11) is 1.70. The number of Topliss-reactive ketones (excluding diaryl/α,β-unsaturated/α-hetero) is 1. The fraction of sp³-hybridized carbons (Fsp3) is 0.409. The highest BCUT2D eigenvalue weighted by atomic mass is 16.6. The van der Waals surface area contributed by atoms with Gasteiger partial charge in [0.1, 0.15) is 19.0 Å². The molecule has 27 heavy (non-hydrogen) atoms. The van der Waals surface area contributed by atoms with Crippen molar-refractivity contribution in [2.75, 3.05) is 33.4 Å². The van der Waals surface area contributed by atoms with E-state index < -0.39 is 0 Å². The van der Waals surface area contributed by atoms with Gasteiger partial charge in [0, 0.05) is 12.0 Å². The van der Waals surface area contributed by atoms with Crippen molar-refractivity contribution in [1.29, 1.82) is 0 Å². The summed E-state index contributed by atoms with van der Waals surface area (Å²) in [6, 6.07) is 13.5. The van der Waals surface area contributed by atoms with Gasteiger partial charge in [-0.2, -0.15) is 0 Å². The Hall–Kier alpha value is -2.53. The number of ketones is 1. The standard InChI is InChI=1S/C22H27NO4/c1-25-20-8-3-2-6-17(20)11-13-23-12-5-4-7-19(24)18-9-10-21-22(16-18)27-15-14-26-21/h2-3,6,8-10,16,23H,4-5,7,11-15H2,1H3. The van der Waals surface area contributed by atoms with Crippen LogP contribution in [0.5, 0.6) is 17.2 Å². The van der Waals surface area contributed by atoms with Gasteiger partial charge in [-0.25, -0.2) is 0 Å². The molecule has 0 atom stereocenters. The molecule has 1 heterocycles. The minimum atomic E-state index is 0.154. The first-order chi connectivity index (χ1) is 13.3. The molecule has 0 saturated carbocycles. The quantitative estimate of drug-likeness (QED) is 0.512. The van der Waals surface area contributed by atoms with E-state index in [0.717, 1.165) is 43.9 Å². The number of para-hydroxylation sites is 1. The second-order valence-corrected chi connectivity index (χ2v) is 6.55. The lowest BCUT2D eigenvalue weighted by Crippen LogP contribution is -2.19. The van der Waals surface area contributed by atoms with Crippen LogP contribution in [0, 0.1) is 0 Å². The van der Waals surface area contributed by atoms with Gasteiger partial charge in [-0.05, 0) is 62.2 Å². The first-order valence-corrected chi connectivity index (χ1v) is 9.53. The maximum Gasteiger partial charge on any atom is 0.163 e. The number of carbonyl (C=O) groups is 1. The van der Waals surface area contributed by atoms with Crippen LogP contribution < -0.4 is 19.5 Å². The fourth-order valence-electron chi connectivity index (χ4n) is 3.15. The van der Waals surface area contributed by atoms with Crippen LogP contribution in [0.4, 0.5) is 0 Å². The molecule has 0 bridgehead atoms. The molecule has 0 amide bonds. The topological polar surface area (TPSA) is 56.8 Å². The predicted octanol–water partition coefficient (Wildman–Crippen LogP) is 3.65. The van der Waals surface area contributed by atoms with Crippen molar-refractivity contribution in [1.82, 2.24) is 5.32 Å². The van der Waals surface area contributed by atoms with Crippen molar-refractivity contribution in [3.63, 3.8) is 0 Å². The Morgan fingerprint density at radius 2 is 1.85 bits per heavy atom. The van der Waals surface area contributed by atoms with Gasteiger partial charge in [-0.3, -0.25) is 4.79 Å². The van der Waals surface area contributed by atoms with Gasteiger partial charge in [-0.15, -0.1) is 0 Å². The van der Waals surface area contributed by atoms with Crippen LogP contribution in [0.1, 0.15) is 35.2 Å². The van der Waals surface area contributed by atoms with Crippen LogP contribution in [0.2, 0.25) is 0 Å². The summed E-state index contributed by atoms with van der Waals surface area (Å²) >= 11 is 0. The van der Waals surface area contributed by atoms with E-state index in [1.807, 2.05) is 30.3 Å². The molecular weight excluding hydrogens is 342 g/mol. The minimum Gasteiger partial charge on any atom is -0.496 e. The van der Waals surface area contributed by atoms with Crippen LogP contribution in [-0.4, -0.2) is 39.2 Å². The average Bonchev–Trinajstić information content (AvgIpc) is 2.72. The van der Waals surface area contributed by atoms with E-state index in [2.05, 4.69) is 11.4 Å². The predicted molar refractivity (Wildman–Crippen MR) is 105 cm³/mol. The third-order valence-electron chi connectivity index (χ3n) is 4.64. The Morgan fingerprint density at radius 1 is 1.04 bits per heavy atom.